The van der Waals surface area contributed by atoms with Crippen LogP contribution in [0.3, 0.4) is 0 Å². The molecule has 0 aliphatic rings. The summed E-state index contributed by atoms with van der Waals surface area (Å²) in [6.07, 6.45) is 4.74. The van der Waals surface area contributed by atoms with Gasteiger partial charge in [0.1, 0.15) is 5.75 Å². The number of hydrogen-bond donors (Lipinski definition) is 1. The van der Waals surface area contributed by atoms with Crippen molar-refractivity contribution in [3.05, 3.63) is 0 Å². The smallest absolute Gasteiger partial charge is 0.222 e. The number of carbonyl (C=O) groups is 1. The maximum absolute atomic E-state index is 10.1. The van der Waals surface area contributed by atoms with Gasteiger partial charge in [0.05, 0.1) is 18.9 Å². The maximum Gasteiger partial charge on any atom is 0.222 e. The highest BCUT2D eigenvalue weighted by atomic mass is 35.5. The van der Waals surface area contributed by atoms with Gasteiger partial charge in [0.25, 0.3) is 0 Å². The molecule has 0 aromatic heterocycles. The van der Waals surface area contributed by atoms with Crippen molar-refractivity contribution in [2.45, 2.75) is 6.42 Å². The first-order chi connectivity index (χ1) is 3.63. The van der Waals surface area contributed by atoms with Crippen LogP contribution in [0.25, 0.3) is 0 Å². The lowest BCUT2D eigenvalue weighted by molar-refractivity contribution is -0.117. The molecular formula is C5H12ClNOS. The van der Waals surface area contributed by atoms with Crippen LogP contribution >= 0.6 is 0 Å². The molecule has 0 atom stereocenters. The van der Waals surface area contributed by atoms with Crippen molar-refractivity contribution in [3.8, 4) is 0 Å². The molecule has 2 nitrogen and oxygen atoms in total. The normalized spacial score (nSPS) is 8.78. The summed E-state index contributed by atoms with van der Waals surface area (Å²) < 4.78 is 0. The summed E-state index contributed by atoms with van der Waals surface area (Å²) in [7, 11) is 0.363. The molecule has 0 spiro atoms. The van der Waals surface area contributed by atoms with Crippen molar-refractivity contribution < 1.29 is 17.2 Å². The quantitative estimate of drug-likeness (QED) is 0.443. The predicted molar refractivity (Wildman–Crippen MR) is 37.9 cm³/mol. The van der Waals surface area contributed by atoms with Gasteiger partial charge in [-0.3, -0.25) is 4.79 Å². The Morgan fingerprint density at radius 1 is 1.56 bits per heavy atom. The topological polar surface area (TPSA) is 43.1 Å². The average Bonchev–Trinajstić information content (AvgIpc) is 1.61. The van der Waals surface area contributed by atoms with E-state index in [0.29, 0.717) is 17.3 Å². The molecule has 0 radical (unpaired) electrons. The Bertz CT molecular complexity index is 87.0. The Morgan fingerprint density at radius 3 is 2.11 bits per heavy atom. The Hall–Kier alpha value is 0.110. The van der Waals surface area contributed by atoms with Gasteiger partial charge in [0.15, 0.2) is 0 Å². The van der Waals surface area contributed by atoms with Crippen molar-refractivity contribution in [2.24, 2.45) is 5.73 Å². The van der Waals surface area contributed by atoms with E-state index >= 15 is 0 Å². The van der Waals surface area contributed by atoms with Crippen molar-refractivity contribution >= 4 is 16.8 Å². The van der Waals surface area contributed by atoms with Crippen LogP contribution in [-0.4, -0.2) is 24.2 Å². The van der Waals surface area contributed by atoms with Crippen LogP contribution in [0.1, 0.15) is 6.42 Å². The third-order valence-corrected chi connectivity index (χ3v) is 1.78. The lowest BCUT2D eigenvalue weighted by Crippen LogP contribution is -3.00. The minimum Gasteiger partial charge on any atom is -1.00 e. The maximum atomic E-state index is 10.1. The molecule has 0 rings (SSSR count). The number of nitrogens with two attached hydrogens (primary N) is 1. The molecular weight excluding hydrogens is 158 g/mol. The summed E-state index contributed by atoms with van der Waals surface area (Å²) in [5, 5.41) is 0. The molecule has 56 valence electrons. The highest BCUT2D eigenvalue weighted by molar-refractivity contribution is 7.95. The Balaban J connectivity index is 0. The molecule has 0 aromatic carbocycles. The van der Waals surface area contributed by atoms with E-state index in [0.717, 1.165) is 5.75 Å². The van der Waals surface area contributed by atoms with E-state index in [2.05, 4.69) is 12.5 Å². The van der Waals surface area contributed by atoms with Crippen LogP contribution < -0.4 is 18.1 Å². The SMILES string of the molecule is C[S+](C)CCC(N)=O.[Cl-]. The van der Waals surface area contributed by atoms with Crippen molar-refractivity contribution in [1.82, 2.24) is 0 Å². The van der Waals surface area contributed by atoms with Crippen LogP contribution in [0, 0.1) is 0 Å². The van der Waals surface area contributed by atoms with Crippen molar-refractivity contribution in [1.29, 1.82) is 0 Å². The Labute approximate surface area is 64.9 Å². The minimum absolute atomic E-state index is 0. The Kier molecular flexibility index (Phi) is 8.21. The molecule has 0 fully saturated rings. The zero-order valence-electron chi connectivity index (χ0n) is 5.69. The van der Waals surface area contributed by atoms with Gasteiger partial charge in [-0.15, -0.1) is 0 Å². The molecule has 0 unspecified atom stereocenters. The van der Waals surface area contributed by atoms with Gasteiger partial charge in [-0.05, 0) is 10.9 Å². The molecule has 2 N–H and O–H groups in total. The van der Waals surface area contributed by atoms with Gasteiger partial charge in [-0.1, -0.05) is 0 Å². The molecule has 0 heterocycles. The van der Waals surface area contributed by atoms with E-state index in [1.807, 2.05) is 0 Å². The van der Waals surface area contributed by atoms with E-state index in [1.165, 1.54) is 0 Å². The molecule has 4 heteroatoms. The standard InChI is InChI=1S/C5H11NOS.ClH/c1-8(2)4-3-5(6)7;/h3-4H2,1-2H3,(H-,6,7);1H. The summed E-state index contributed by atoms with van der Waals surface area (Å²) in [5.41, 5.74) is 4.91. The van der Waals surface area contributed by atoms with Gasteiger partial charge in [0.2, 0.25) is 5.91 Å². The first-order valence-corrected chi connectivity index (χ1v) is 4.66. The summed E-state index contributed by atoms with van der Waals surface area (Å²) in [5.74, 6) is 0.751. The largest absolute Gasteiger partial charge is 1.00 e. The summed E-state index contributed by atoms with van der Waals surface area (Å²) in [6.45, 7) is 0. The van der Waals surface area contributed by atoms with Crippen LogP contribution in [0.15, 0.2) is 0 Å². The number of hydrogen-bond acceptors (Lipinski definition) is 1. The second kappa shape index (κ2) is 6.23. The molecule has 0 bridgehead atoms. The molecule has 0 saturated heterocycles. The van der Waals surface area contributed by atoms with Crippen LogP contribution in [0.5, 0.6) is 0 Å². The van der Waals surface area contributed by atoms with Crippen molar-refractivity contribution in [2.75, 3.05) is 18.3 Å². The first kappa shape index (κ1) is 11.9. The second-order valence-electron chi connectivity index (χ2n) is 1.91. The summed E-state index contributed by atoms with van der Waals surface area (Å²) in [6, 6.07) is 0. The summed E-state index contributed by atoms with van der Waals surface area (Å²) >= 11 is 0. The Morgan fingerprint density at radius 2 is 2.00 bits per heavy atom. The van der Waals surface area contributed by atoms with E-state index in [9.17, 15) is 4.79 Å². The van der Waals surface area contributed by atoms with Crippen molar-refractivity contribution in [3.63, 3.8) is 0 Å². The third kappa shape index (κ3) is 11.6. The molecule has 0 aromatic rings. The predicted octanol–water partition coefficient (Wildman–Crippen LogP) is -3.26. The molecule has 0 saturated carbocycles. The molecule has 0 aliphatic carbocycles. The second-order valence-corrected chi connectivity index (χ2v) is 4.29. The van der Waals surface area contributed by atoms with Gasteiger partial charge in [-0.2, -0.15) is 0 Å². The third-order valence-electron chi connectivity index (χ3n) is 0.757. The number of primary amides is 1. The fraction of sp³-hybridized carbons (Fsp3) is 0.800. The molecule has 1 amide bonds. The molecule has 9 heavy (non-hydrogen) atoms. The van der Waals surface area contributed by atoms with E-state index in [-0.39, 0.29) is 18.3 Å². The average molecular weight is 170 g/mol. The highest BCUT2D eigenvalue weighted by Crippen LogP contribution is 1.86. The van der Waals surface area contributed by atoms with E-state index in [4.69, 9.17) is 5.73 Å². The number of carbonyl (C=O) groups excluding carboxylic acids is 1. The van der Waals surface area contributed by atoms with Gasteiger partial charge < -0.3 is 18.1 Å². The van der Waals surface area contributed by atoms with Crippen LogP contribution in [0.2, 0.25) is 0 Å². The fourth-order valence-electron chi connectivity index (χ4n) is 0.305. The zero-order chi connectivity index (χ0) is 6.57. The van der Waals surface area contributed by atoms with Crippen LogP contribution in [-0.2, 0) is 15.7 Å². The number of amides is 1. The van der Waals surface area contributed by atoms with Crippen LogP contribution in [0.4, 0.5) is 0 Å². The zero-order valence-corrected chi connectivity index (χ0v) is 7.26. The lowest BCUT2D eigenvalue weighted by Gasteiger charge is -1.90. The van der Waals surface area contributed by atoms with Gasteiger partial charge >= 0.3 is 0 Å². The fourth-order valence-corrected chi connectivity index (χ4v) is 0.914. The molecule has 0 aliphatic heterocycles. The monoisotopic (exact) mass is 169 g/mol. The number of rotatable bonds is 3. The van der Waals surface area contributed by atoms with Gasteiger partial charge in [0, 0.05) is 0 Å². The highest BCUT2D eigenvalue weighted by Gasteiger charge is 2.03. The minimum atomic E-state index is -0.189. The van der Waals surface area contributed by atoms with E-state index < -0.39 is 0 Å². The number of halogens is 1. The van der Waals surface area contributed by atoms with Gasteiger partial charge in [-0.25, -0.2) is 0 Å². The van der Waals surface area contributed by atoms with E-state index in [1.54, 1.807) is 0 Å². The first-order valence-electron chi connectivity index (χ1n) is 2.45. The lowest BCUT2D eigenvalue weighted by atomic mass is 10.5. The summed E-state index contributed by atoms with van der Waals surface area (Å²) in [4.78, 5) is 10.1.